The fourth-order valence-electron chi connectivity index (χ4n) is 3.85. The van der Waals surface area contributed by atoms with Gasteiger partial charge in [-0.25, -0.2) is 13.6 Å². The van der Waals surface area contributed by atoms with Crippen LogP contribution < -0.4 is 10.5 Å². The second-order valence-corrected chi connectivity index (χ2v) is 12.3. The van der Waals surface area contributed by atoms with Crippen molar-refractivity contribution in [3.63, 3.8) is 0 Å². The molecule has 13 heteroatoms. The van der Waals surface area contributed by atoms with Crippen LogP contribution in [-0.2, 0) is 9.73 Å². The van der Waals surface area contributed by atoms with Crippen LogP contribution in [0, 0.1) is 5.41 Å². The zero-order chi connectivity index (χ0) is 29.4. The summed E-state index contributed by atoms with van der Waals surface area (Å²) >= 11 is 12.4. The van der Waals surface area contributed by atoms with E-state index >= 15 is 4.39 Å². The Hall–Kier alpha value is -3.09. The number of aliphatic hydroxyl groups excluding tert-OH is 1. The fourth-order valence-corrected chi connectivity index (χ4v) is 6.56. The molecule has 9 nitrogen and oxygen atoms in total. The van der Waals surface area contributed by atoms with Crippen molar-refractivity contribution in [3.8, 4) is 5.75 Å². The number of nitrogens with zero attached hydrogens (tertiary/aromatic N) is 4. The summed E-state index contributed by atoms with van der Waals surface area (Å²) in [7, 11) is 0.635. The Labute approximate surface area is 243 Å². The average Bonchev–Trinajstić information content (AvgIpc) is 2.93. The number of hydrogen-bond donors (Lipinski definition) is 3. The minimum atomic E-state index is -2.35. The topological polar surface area (TPSA) is 138 Å². The Morgan fingerprint density at radius 2 is 1.85 bits per heavy atom. The van der Waals surface area contributed by atoms with Gasteiger partial charge in [0.15, 0.2) is 5.82 Å². The molecule has 1 atom stereocenters. The van der Waals surface area contributed by atoms with Crippen LogP contribution in [0.1, 0.15) is 29.7 Å². The summed E-state index contributed by atoms with van der Waals surface area (Å²) in [4.78, 5) is 10.3. The van der Waals surface area contributed by atoms with Crippen LogP contribution in [0.3, 0.4) is 0 Å². The molecule has 4 rings (SSSR count). The summed E-state index contributed by atoms with van der Waals surface area (Å²) in [6, 6.07) is 7.85. The number of allylic oxidation sites excluding steroid dienone is 1. The summed E-state index contributed by atoms with van der Waals surface area (Å²) in [5.74, 6) is 0.868. The predicted molar refractivity (Wildman–Crippen MR) is 160 cm³/mol. The number of aromatic nitrogens is 2. The Kier molecular flexibility index (Phi) is 11.0. The molecule has 1 saturated heterocycles. The highest BCUT2D eigenvalue weighted by molar-refractivity contribution is 7.93. The standard InChI is InChI=1S/C26H27Cl2FN6O2S.CH4O/c1-16(25-20(27)14-32-15-21(25)28)37-18-4-5-23(30)19(12-18)26(31)22(29)11-17-3-6-24(33-13-17)34-38(36)9-7-35(2)8-10-38;1-2/h3-6,11-16,31H,7-10,30H2,1-2H3;2H,1H3/b22-11-,31-26?;. The number of nitrogen functional groups attached to an aromatic ring is 1. The number of anilines is 1. The van der Waals surface area contributed by atoms with Crippen LogP contribution in [0.25, 0.3) is 6.08 Å². The molecule has 3 heterocycles. The highest BCUT2D eigenvalue weighted by Gasteiger charge is 2.19. The zero-order valence-electron chi connectivity index (χ0n) is 22.3. The maximum Gasteiger partial charge on any atom is 0.161 e. The molecule has 0 amide bonds. The van der Waals surface area contributed by atoms with E-state index in [0.29, 0.717) is 44.2 Å². The zero-order valence-corrected chi connectivity index (χ0v) is 24.6. The second kappa shape index (κ2) is 14.0. The van der Waals surface area contributed by atoms with Crippen LogP contribution in [0.4, 0.5) is 15.9 Å². The van der Waals surface area contributed by atoms with Gasteiger partial charge in [0.1, 0.15) is 17.7 Å². The number of rotatable bonds is 7. The molecular weight excluding hydrogens is 578 g/mol. The molecule has 0 saturated carbocycles. The molecule has 1 aliphatic heterocycles. The molecule has 1 aliphatic rings. The quantitative estimate of drug-likeness (QED) is 0.236. The Balaban J connectivity index is 0.00000216. The smallest absolute Gasteiger partial charge is 0.161 e. The number of nitrogens with one attached hydrogen (secondary N) is 1. The van der Waals surface area contributed by atoms with Gasteiger partial charge in [-0.2, -0.15) is 4.36 Å². The summed E-state index contributed by atoms with van der Waals surface area (Å²) in [6.07, 6.45) is 5.01. The molecule has 1 aromatic carbocycles. The molecule has 0 spiro atoms. The van der Waals surface area contributed by atoms with Crippen molar-refractivity contribution in [2.24, 2.45) is 4.36 Å². The number of hydrogen-bond acceptors (Lipinski definition) is 9. The maximum atomic E-state index is 15.1. The Bertz CT molecular complexity index is 1480. The van der Waals surface area contributed by atoms with Crippen molar-refractivity contribution in [3.05, 3.63) is 81.5 Å². The Morgan fingerprint density at radius 1 is 1.20 bits per heavy atom. The average molecular weight is 610 g/mol. The van der Waals surface area contributed by atoms with E-state index in [2.05, 4.69) is 19.2 Å². The van der Waals surface area contributed by atoms with E-state index in [1.165, 1.54) is 36.8 Å². The number of ether oxygens (including phenoxy) is 1. The van der Waals surface area contributed by atoms with Gasteiger partial charge in [-0.15, -0.1) is 0 Å². The second-order valence-electron chi connectivity index (χ2n) is 8.92. The molecule has 2 aromatic heterocycles. The summed E-state index contributed by atoms with van der Waals surface area (Å²) in [5.41, 5.74) is 6.99. The molecule has 0 aliphatic carbocycles. The van der Waals surface area contributed by atoms with E-state index < -0.39 is 27.4 Å². The van der Waals surface area contributed by atoms with Crippen molar-refractivity contribution in [1.82, 2.24) is 14.9 Å². The van der Waals surface area contributed by atoms with E-state index in [-0.39, 0.29) is 11.3 Å². The molecule has 40 heavy (non-hydrogen) atoms. The van der Waals surface area contributed by atoms with E-state index in [1.807, 2.05) is 7.05 Å². The third kappa shape index (κ3) is 7.98. The van der Waals surface area contributed by atoms with Gasteiger partial charge in [0.25, 0.3) is 0 Å². The van der Waals surface area contributed by atoms with Gasteiger partial charge in [0, 0.05) is 67.1 Å². The molecule has 214 valence electrons. The van der Waals surface area contributed by atoms with E-state index in [9.17, 15) is 4.21 Å². The normalized spacial score (nSPS) is 15.9. The molecule has 0 bridgehead atoms. The van der Waals surface area contributed by atoms with E-state index in [4.69, 9.17) is 44.2 Å². The first kappa shape index (κ1) is 31.4. The van der Waals surface area contributed by atoms with E-state index in [1.54, 1.807) is 25.1 Å². The number of aliphatic hydroxyl groups is 1. The predicted octanol–water partition coefficient (Wildman–Crippen LogP) is 5.54. The van der Waals surface area contributed by atoms with Crippen molar-refractivity contribution in [2.75, 3.05) is 44.5 Å². The number of halogens is 3. The summed E-state index contributed by atoms with van der Waals surface area (Å²) in [6.45, 7) is 3.20. The SMILES string of the molecule is CC(Oc1ccc(N)c(C(=N)/C(F)=C/c2ccc(N=S3(=O)CCN(C)CC3)nc2)c1)c1c(Cl)cncc1Cl.CO. The van der Waals surface area contributed by atoms with Gasteiger partial charge in [0.05, 0.1) is 25.5 Å². The summed E-state index contributed by atoms with van der Waals surface area (Å²) in [5, 5.41) is 16.1. The molecule has 1 unspecified atom stereocenters. The van der Waals surface area contributed by atoms with Crippen LogP contribution in [0.2, 0.25) is 10.0 Å². The minimum absolute atomic E-state index is 0.161. The largest absolute Gasteiger partial charge is 0.486 e. The fraction of sp³-hybridized carbons (Fsp3) is 0.296. The van der Waals surface area contributed by atoms with Crippen LogP contribution in [0.5, 0.6) is 5.75 Å². The van der Waals surface area contributed by atoms with Crippen molar-refractivity contribution >= 4 is 56.2 Å². The van der Waals surface area contributed by atoms with E-state index in [0.717, 1.165) is 20.2 Å². The third-order valence-corrected chi connectivity index (χ3v) is 8.81. The Morgan fingerprint density at radius 3 is 2.45 bits per heavy atom. The summed E-state index contributed by atoms with van der Waals surface area (Å²) < 4.78 is 38.3. The molecule has 1 fully saturated rings. The van der Waals surface area contributed by atoms with Crippen LogP contribution in [0.15, 0.2) is 59.1 Å². The van der Waals surface area contributed by atoms with Gasteiger partial charge in [-0.3, -0.25) is 10.4 Å². The lowest BCUT2D eigenvalue weighted by Gasteiger charge is -2.24. The maximum absolute atomic E-state index is 15.1. The van der Waals surface area contributed by atoms with Gasteiger partial charge < -0.3 is 20.5 Å². The lowest BCUT2D eigenvalue weighted by Crippen LogP contribution is -2.37. The van der Waals surface area contributed by atoms with Crippen LogP contribution in [-0.4, -0.2) is 68.6 Å². The monoisotopic (exact) mass is 608 g/mol. The highest BCUT2D eigenvalue weighted by Crippen LogP contribution is 2.33. The van der Waals surface area contributed by atoms with Gasteiger partial charge >= 0.3 is 0 Å². The number of nitrogens with two attached hydrogens (primary N) is 1. The highest BCUT2D eigenvalue weighted by atomic mass is 35.5. The van der Waals surface area contributed by atoms with Crippen molar-refractivity contribution in [2.45, 2.75) is 13.0 Å². The van der Waals surface area contributed by atoms with Gasteiger partial charge in [-0.1, -0.05) is 23.2 Å². The first-order valence-corrected chi connectivity index (χ1v) is 14.8. The van der Waals surface area contributed by atoms with Crippen molar-refractivity contribution in [1.29, 1.82) is 5.41 Å². The minimum Gasteiger partial charge on any atom is -0.486 e. The molecule has 4 N–H and O–H groups in total. The van der Waals surface area contributed by atoms with Gasteiger partial charge in [0.2, 0.25) is 0 Å². The van der Waals surface area contributed by atoms with Crippen molar-refractivity contribution < 1.29 is 18.4 Å². The molecule has 3 aromatic rings. The third-order valence-electron chi connectivity index (χ3n) is 6.05. The van der Waals surface area contributed by atoms with Gasteiger partial charge in [-0.05, 0) is 55.9 Å². The lowest BCUT2D eigenvalue weighted by molar-refractivity contribution is 0.227. The molecular formula is C27H31Cl2FN6O3S. The van der Waals surface area contributed by atoms with Crippen LogP contribution >= 0.6 is 23.2 Å². The lowest BCUT2D eigenvalue weighted by atomic mass is 10.0. The first-order chi connectivity index (χ1) is 19.0. The number of benzene rings is 1. The number of pyridine rings is 2. The molecule has 0 radical (unpaired) electrons. The first-order valence-electron chi connectivity index (χ1n) is 12.2.